The van der Waals surface area contributed by atoms with Gasteiger partial charge in [0, 0.05) is 12.4 Å². The molecule has 8 nitrogen and oxygen atoms in total. The standard InChI is InChI=1S/C15H13N5O3S/c21-13(18-6-10-2-1-5-23-10)9-19-14(22)12-8-20-15(24-12)11-7-16-3-4-17-11/h1-5,7-8H,6,9H2,(H,18,21)(H,19,22). The average molecular weight is 343 g/mol. The molecular formula is C15H13N5O3S. The molecule has 2 amide bonds. The van der Waals surface area contributed by atoms with Gasteiger partial charge in [0.05, 0.1) is 31.7 Å². The van der Waals surface area contributed by atoms with E-state index in [1.54, 1.807) is 30.7 Å². The zero-order chi connectivity index (χ0) is 16.8. The molecule has 3 aromatic rings. The third kappa shape index (κ3) is 4.02. The van der Waals surface area contributed by atoms with Gasteiger partial charge in [-0.05, 0) is 12.1 Å². The lowest BCUT2D eigenvalue weighted by Gasteiger charge is -2.04. The fourth-order valence-corrected chi connectivity index (χ4v) is 2.61. The number of aromatic nitrogens is 3. The van der Waals surface area contributed by atoms with Gasteiger partial charge in [0.15, 0.2) is 0 Å². The van der Waals surface area contributed by atoms with E-state index in [1.807, 2.05) is 0 Å². The van der Waals surface area contributed by atoms with Gasteiger partial charge in [-0.2, -0.15) is 0 Å². The summed E-state index contributed by atoms with van der Waals surface area (Å²) in [5.41, 5.74) is 0.595. The highest BCUT2D eigenvalue weighted by atomic mass is 32.1. The lowest BCUT2D eigenvalue weighted by atomic mass is 10.4. The second kappa shape index (κ2) is 7.47. The highest BCUT2D eigenvalue weighted by molar-refractivity contribution is 7.16. The van der Waals surface area contributed by atoms with Gasteiger partial charge in [0.2, 0.25) is 5.91 Å². The van der Waals surface area contributed by atoms with E-state index in [0.717, 1.165) is 0 Å². The zero-order valence-electron chi connectivity index (χ0n) is 12.4. The summed E-state index contributed by atoms with van der Waals surface area (Å²) >= 11 is 1.18. The van der Waals surface area contributed by atoms with E-state index in [1.165, 1.54) is 23.8 Å². The quantitative estimate of drug-likeness (QED) is 0.697. The highest BCUT2D eigenvalue weighted by Gasteiger charge is 2.13. The topological polar surface area (TPSA) is 110 Å². The minimum absolute atomic E-state index is 0.127. The number of nitrogens with zero attached hydrogens (tertiary/aromatic N) is 3. The Morgan fingerprint density at radius 2 is 2.08 bits per heavy atom. The molecule has 0 aliphatic carbocycles. The van der Waals surface area contributed by atoms with Crippen molar-refractivity contribution in [3.63, 3.8) is 0 Å². The molecule has 0 radical (unpaired) electrons. The first kappa shape index (κ1) is 15.8. The van der Waals surface area contributed by atoms with Gasteiger partial charge < -0.3 is 15.1 Å². The summed E-state index contributed by atoms with van der Waals surface area (Å²) in [7, 11) is 0. The summed E-state index contributed by atoms with van der Waals surface area (Å²) in [6, 6.07) is 3.49. The molecule has 0 bridgehead atoms. The van der Waals surface area contributed by atoms with Crippen molar-refractivity contribution in [1.29, 1.82) is 0 Å². The van der Waals surface area contributed by atoms with E-state index in [4.69, 9.17) is 4.42 Å². The van der Waals surface area contributed by atoms with Gasteiger partial charge in [0.1, 0.15) is 21.3 Å². The summed E-state index contributed by atoms with van der Waals surface area (Å²) in [5.74, 6) is -0.0278. The zero-order valence-corrected chi connectivity index (χ0v) is 13.2. The monoisotopic (exact) mass is 343 g/mol. The van der Waals surface area contributed by atoms with Crippen LogP contribution in [0.1, 0.15) is 15.4 Å². The number of thiazole rings is 1. The van der Waals surface area contributed by atoms with Crippen LogP contribution in [-0.2, 0) is 11.3 Å². The largest absolute Gasteiger partial charge is 0.467 e. The first-order valence-electron chi connectivity index (χ1n) is 7.02. The summed E-state index contributed by atoms with van der Waals surface area (Å²) in [4.78, 5) is 36.4. The number of rotatable bonds is 6. The molecule has 3 heterocycles. The van der Waals surface area contributed by atoms with E-state index in [-0.39, 0.29) is 24.9 Å². The summed E-state index contributed by atoms with van der Waals surface area (Å²) < 4.78 is 5.10. The number of furan rings is 1. The first-order valence-corrected chi connectivity index (χ1v) is 7.83. The van der Waals surface area contributed by atoms with Gasteiger partial charge in [-0.25, -0.2) is 4.98 Å². The van der Waals surface area contributed by atoms with E-state index in [9.17, 15) is 9.59 Å². The fraction of sp³-hybridized carbons (Fsp3) is 0.133. The van der Waals surface area contributed by atoms with E-state index in [0.29, 0.717) is 21.3 Å². The van der Waals surface area contributed by atoms with E-state index >= 15 is 0 Å². The molecular weight excluding hydrogens is 330 g/mol. The molecule has 0 aromatic carbocycles. The predicted molar refractivity (Wildman–Crippen MR) is 86.0 cm³/mol. The Bertz CT molecular complexity index is 817. The van der Waals surface area contributed by atoms with Gasteiger partial charge in [-0.1, -0.05) is 0 Å². The Kier molecular flexibility index (Phi) is 4.92. The first-order chi connectivity index (χ1) is 11.7. The van der Waals surface area contributed by atoms with Crippen molar-refractivity contribution >= 4 is 23.2 Å². The minimum atomic E-state index is -0.365. The van der Waals surface area contributed by atoms with Crippen molar-refractivity contribution in [3.05, 3.63) is 53.8 Å². The van der Waals surface area contributed by atoms with Crippen LogP contribution in [0, 0.1) is 0 Å². The number of carbonyl (C=O) groups excluding carboxylic acids is 2. The van der Waals surface area contributed by atoms with Gasteiger partial charge in [-0.3, -0.25) is 19.6 Å². The molecule has 0 aliphatic heterocycles. The normalized spacial score (nSPS) is 10.3. The van der Waals surface area contributed by atoms with Crippen LogP contribution < -0.4 is 10.6 Å². The molecule has 0 unspecified atom stereocenters. The molecule has 3 rings (SSSR count). The van der Waals surface area contributed by atoms with Crippen LogP contribution in [0.5, 0.6) is 0 Å². The van der Waals surface area contributed by atoms with Gasteiger partial charge >= 0.3 is 0 Å². The molecule has 0 saturated heterocycles. The Morgan fingerprint density at radius 3 is 2.83 bits per heavy atom. The van der Waals surface area contributed by atoms with E-state index in [2.05, 4.69) is 25.6 Å². The maximum Gasteiger partial charge on any atom is 0.263 e. The van der Waals surface area contributed by atoms with Crippen molar-refractivity contribution in [1.82, 2.24) is 25.6 Å². The molecule has 122 valence electrons. The third-order valence-corrected chi connectivity index (χ3v) is 3.98. The van der Waals surface area contributed by atoms with Crippen LogP contribution >= 0.6 is 11.3 Å². The van der Waals surface area contributed by atoms with Crippen molar-refractivity contribution in [2.75, 3.05) is 6.54 Å². The SMILES string of the molecule is O=C(CNC(=O)c1cnc(-c2cnccn2)s1)NCc1ccco1. The van der Waals surface area contributed by atoms with Crippen molar-refractivity contribution in [2.45, 2.75) is 6.54 Å². The van der Waals surface area contributed by atoms with Crippen LogP contribution in [0.15, 0.2) is 47.6 Å². The van der Waals surface area contributed by atoms with Crippen LogP contribution in [0.25, 0.3) is 10.7 Å². The minimum Gasteiger partial charge on any atom is -0.467 e. The molecule has 0 spiro atoms. The number of amides is 2. The predicted octanol–water partition coefficient (Wildman–Crippen LogP) is 1.24. The lowest BCUT2D eigenvalue weighted by molar-refractivity contribution is -0.120. The highest BCUT2D eigenvalue weighted by Crippen LogP contribution is 2.22. The number of nitrogens with one attached hydrogen (secondary N) is 2. The Labute approximate surface area is 141 Å². The van der Waals surface area contributed by atoms with Gasteiger partial charge in [0.25, 0.3) is 5.91 Å². The van der Waals surface area contributed by atoms with Crippen LogP contribution in [0.3, 0.4) is 0 Å². The third-order valence-electron chi connectivity index (χ3n) is 2.96. The molecule has 24 heavy (non-hydrogen) atoms. The average Bonchev–Trinajstić information content (AvgIpc) is 3.30. The number of hydrogen-bond donors (Lipinski definition) is 2. The second-order valence-corrected chi connectivity index (χ2v) is 5.69. The van der Waals surface area contributed by atoms with Crippen molar-refractivity contribution in [2.24, 2.45) is 0 Å². The molecule has 9 heteroatoms. The maximum atomic E-state index is 12.1. The molecule has 2 N–H and O–H groups in total. The molecule has 0 atom stereocenters. The van der Waals surface area contributed by atoms with Crippen LogP contribution in [-0.4, -0.2) is 33.3 Å². The van der Waals surface area contributed by atoms with Crippen molar-refractivity contribution in [3.8, 4) is 10.7 Å². The molecule has 0 fully saturated rings. The Hall–Kier alpha value is -3.07. The molecule has 0 aliphatic rings. The Morgan fingerprint density at radius 1 is 1.17 bits per heavy atom. The molecule has 3 aromatic heterocycles. The fourth-order valence-electron chi connectivity index (χ4n) is 1.82. The molecule has 0 saturated carbocycles. The van der Waals surface area contributed by atoms with Crippen molar-refractivity contribution < 1.29 is 14.0 Å². The summed E-state index contributed by atoms with van der Waals surface area (Å²) in [6.07, 6.45) is 7.67. The second-order valence-electron chi connectivity index (χ2n) is 4.66. The smallest absolute Gasteiger partial charge is 0.263 e. The van der Waals surface area contributed by atoms with Crippen LogP contribution in [0.2, 0.25) is 0 Å². The lowest BCUT2D eigenvalue weighted by Crippen LogP contribution is -2.36. The van der Waals surface area contributed by atoms with E-state index < -0.39 is 0 Å². The summed E-state index contributed by atoms with van der Waals surface area (Å²) in [6.45, 7) is 0.150. The summed E-state index contributed by atoms with van der Waals surface area (Å²) in [5, 5.41) is 5.78. The Balaban J connectivity index is 1.50. The number of hydrogen-bond acceptors (Lipinski definition) is 7. The number of carbonyl (C=O) groups is 2. The van der Waals surface area contributed by atoms with Crippen LogP contribution in [0.4, 0.5) is 0 Å². The maximum absolute atomic E-state index is 12.1. The van der Waals surface area contributed by atoms with Gasteiger partial charge in [-0.15, -0.1) is 11.3 Å².